The van der Waals surface area contributed by atoms with Gasteiger partial charge in [0.25, 0.3) is 0 Å². The largest absolute Gasteiger partial charge is 0.259 e. The van der Waals surface area contributed by atoms with E-state index in [2.05, 4.69) is 36.0 Å². The highest BCUT2D eigenvalue weighted by Gasteiger charge is 2.09. The monoisotopic (exact) mass is 160 g/mol. The second kappa shape index (κ2) is 2.70. The van der Waals surface area contributed by atoms with E-state index in [4.69, 9.17) is 0 Å². The molecule has 2 heteroatoms. The van der Waals surface area contributed by atoms with Crippen molar-refractivity contribution in [2.24, 2.45) is 4.99 Å². The summed E-state index contributed by atoms with van der Waals surface area (Å²) in [5.74, 6) is 0.510. The van der Waals surface area contributed by atoms with Crippen molar-refractivity contribution in [2.75, 3.05) is 0 Å². The molecule has 0 bridgehead atoms. The van der Waals surface area contributed by atoms with Gasteiger partial charge in [-0.2, -0.15) is 0 Å². The normalized spacial score (nSPS) is 13.9. The second-order valence-corrected chi connectivity index (χ2v) is 3.37. The van der Waals surface area contributed by atoms with E-state index in [1.807, 2.05) is 6.21 Å². The van der Waals surface area contributed by atoms with Gasteiger partial charge in [0.1, 0.15) is 0 Å². The molecule has 0 N–H and O–H groups in total. The highest BCUT2D eigenvalue weighted by Crippen LogP contribution is 2.24. The van der Waals surface area contributed by atoms with Gasteiger partial charge in [-0.1, -0.05) is 13.8 Å². The van der Waals surface area contributed by atoms with Gasteiger partial charge >= 0.3 is 0 Å². The van der Waals surface area contributed by atoms with Crippen LogP contribution in [0.5, 0.6) is 0 Å². The number of pyridine rings is 1. The maximum atomic E-state index is 4.53. The van der Waals surface area contributed by atoms with Crippen LogP contribution in [0.4, 0.5) is 5.69 Å². The lowest BCUT2D eigenvalue weighted by Gasteiger charge is -2.05. The first-order chi connectivity index (χ1) is 5.77. The van der Waals surface area contributed by atoms with Crippen LogP contribution < -0.4 is 0 Å². The van der Waals surface area contributed by atoms with Crippen molar-refractivity contribution in [2.45, 2.75) is 26.2 Å². The molecule has 1 aliphatic rings. The number of hydrogen-bond donors (Lipinski definition) is 0. The average Bonchev–Trinajstić information content (AvgIpc) is 2.49. The van der Waals surface area contributed by atoms with Crippen molar-refractivity contribution in [3.8, 4) is 0 Å². The quantitative estimate of drug-likeness (QED) is 0.619. The third-order valence-corrected chi connectivity index (χ3v) is 2.08. The fraction of sp³-hybridized carbons (Fsp3) is 0.400. The first-order valence-corrected chi connectivity index (χ1v) is 4.29. The molecule has 0 fully saturated rings. The Balaban J connectivity index is 2.42. The molecule has 0 atom stereocenters. The Kier molecular flexibility index (Phi) is 1.68. The van der Waals surface area contributed by atoms with Gasteiger partial charge in [0.05, 0.1) is 11.4 Å². The van der Waals surface area contributed by atoms with Gasteiger partial charge in [0.15, 0.2) is 0 Å². The molecule has 0 unspecified atom stereocenters. The summed E-state index contributed by atoms with van der Waals surface area (Å²) >= 11 is 0. The fourth-order valence-electron chi connectivity index (χ4n) is 1.33. The SMILES string of the molecule is CC(C)c1ccc2c(n1)CC=N2. The smallest absolute Gasteiger partial charge is 0.0845 e. The second-order valence-electron chi connectivity index (χ2n) is 3.37. The topological polar surface area (TPSA) is 25.2 Å². The van der Waals surface area contributed by atoms with Crippen LogP contribution in [0.15, 0.2) is 17.1 Å². The number of fused-ring (bicyclic) bond motifs is 1. The van der Waals surface area contributed by atoms with Crippen LogP contribution in [0.1, 0.15) is 31.2 Å². The van der Waals surface area contributed by atoms with Crippen molar-refractivity contribution >= 4 is 11.9 Å². The zero-order valence-electron chi connectivity index (χ0n) is 7.41. The summed E-state index contributed by atoms with van der Waals surface area (Å²) in [5, 5.41) is 0. The van der Waals surface area contributed by atoms with E-state index in [1.165, 1.54) is 5.69 Å². The Bertz CT molecular complexity index is 327. The summed E-state index contributed by atoms with van der Waals surface area (Å²) in [6.07, 6.45) is 2.82. The van der Waals surface area contributed by atoms with E-state index >= 15 is 0 Å². The lowest BCUT2D eigenvalue weighted by atomic mass is 10.1. The third-order valence-electron chi connectivity index (χ3n) is 2.08. The molecule has 0 amide bonds. The Morgan fingerprint density at radius 2 is 2.17 bits per heavy atom. The van der Waals surface area contributed by atoms with Gasteiger partial charge in [-0.3, -0.25) is 9.98 Å². The van der Waals surface area contributed by atoms with Crippen LogP contribution in [-0.4, -0.2) is 11.2 Å². The zero-order chi connectivity index (χ0) is 8.55. The van der Waals surface area contributed by atoms with E-state index in [0.717, 1.165) is 17.8 Å². The first kappa shape index (κ1) is 7.47. The number of aromatic nitrogens is 1. The van der Waals surface area contributed by atoms with Crippen LogP contribution in [0.2, 0.25) is 0 Å². The molecule has 1 aromatic rings. The Morgan fingerprint density at radius 1 is 1.33 bits per heavy atom. The van der Waals surface area contributed by atoms with Gasteiger partial charge < -0.3 is 0 Å². The Hall–Kier alpha value is -1.18. The maximum Gasteiger partial charge on any atom is 0.0845 e. The number of rotatable bonds is 1. The summed E-state index contributed by atoms with van der Waals surface area (Å²) in [6, 6.07) is 4.12. The van der Waals surface area contributed by atoms with Crippen LogP contribution in [0.25, 0.3) is 0 Å². The molecule has 0 radical (unpaired) electrons. The van der Waals surface area contributed by atoms with Gasteiger partial charge in [-0.15, -0.1) is 0 Å². The first-order valence-electron chi connectivity index (χ1n) is 4.29. The minimum Gasteiger partial charge on any atom is -0.259 e. The molecule has 2 nitrogen and oxygen atoms in total. The van der Waals surface area contributed by atoms with Gasteiger partial charge in [0, 0.05) is 18.3 Å². The van der Waals surface area contributed by atoms with Crippen LogP contribution in [0.3, 0.4) is 0 Å². The van der Waals surface area contributed by atoms with E-state index in [0.29, 0.717) is 5.92 Å². The number of hydrogen-bond acceptors (Lipinski definition) is 2. The molecule has 12 heavy (non-hydrogen) atoms. The number of nitrogens with zero attached hydrogens (tertiary/aromatic N) is 2. The van der Waals surface area contributed by atoms with E-state index in [1.54, 1.807) is 0 Å². The molecule has 1 aliphatic heterocycles. The molecule has 0 saturated carbocycles. The van der Waals surface area contributed by atoms with Gasteiger partial charge in [-0.25, -0.2) is 0 Å². The standard InChI is InChI=1S/C10H12N2/c1-7(2)8-3-4-9-10(12-8)5-6-11-9/h3-4,6-7H,5H2,1-2H3. The Labute approximate surface area is 72.4 Å². The third kappa shape index (κ3) is 1.13. The molecule has 1 aromatic heterocycles. The van der Waals surface area contributed by atoms with Crippen molar-refractivity contribution in [3.63, 3.8) is 0 Å². The molecule has 62 valence electrons. The predicted molar refractivity (Wildman–Crippen MR) is 50.2 cm³/mol. The van der Waals surface area contributed by atoms with Crippen molar-refractivity contribution in [3.05, 3.63) is 23.5 Å². The minimum absolute atomic E-state index is 0.510. The number of aliphatic imine (C=N–C) groups is 1. The van der Waals surface area contributed by atoms with Crippen molar-refractivity contribution < 1.29 is 0 Å². The highest BCUT2D eigenvalue weighted by molar-refractivity contribution is 5.74. The summed E-state index contributed by atoms with van der Waals surface area (Å²) in [6.45, 7) is 4.31. The van der Waals surface area contributed by atoms with Crippen LogP contribution in [0, 0.1) is 0 Å². The molecule has 2 rings (SSSR count). The fourth-order valence-corrected chi connectivity index (χ4v) is 1.33. The van der Waals surface area contributed by atoms with Gasteiger partial charge in [0.2, 0.25) is 0 Å². The van der Waals surface area contributed by atoms with Crippen LogP contribution in [-0.2, 0) is 6.42 Å². The highest BCUT2D eigenvalue weighted by atomic mass is 14.8. The van der Waals surface area contributed by atoms with Crippen molar-refractivity contribution in [1.29, 1.82) is 0 Å². The molecule has 0 saturated heterocycles. The summed E-state index contributed by atoms with van der Waals surface area (Å²) in [5.41, 5.74) is 3.33. The predicted octanol–water partition coefficient (Wildman–Crippen LogP) is 2.46. The van der Waals surface area contributed by atoms with E-state index in [9.17, 15) is 0 Å². The summed E-state index contributed by atoms with van der Waals surface area (Å²) in [4.78, 5) is 8.74. The lowest BCUT2D eigenvalue weighted by molar-refractivity contribution is 0.815. The molecular weight excluding hydrogens is 148 g/mol. The summed E-state index contributed by atoms with van der Waals surface area (Å²) < 4.78 is 0. The zero-order valence-corrected chi connectivity index (χ0v) is 7.41. The van der Waals surface area contributed by atoms with E-state index in [-0.39, 0.29) is 0 Å². The Morgan fingerprint density at radius 3 is 2.92 bits per heavy atom. The maximum absolute atomic E-state index is 4.53. The average molecular weight is 160 g/mol. The van der Waals surface area contributed by atoms with Crippen molar-refractivity contribution in [1.82, 2.24) is 4.98 Å². The molecular formula is C10H12N2. The van der Waals surface area contributed by atoms with Gasteiger partial charge in [-0.05, 0) is 18.1 Å². The molecule has 0 spiro atoms. The minimum atomic E-state index is 0.510. The molecule has 0 aromatic carbocycles. The van der Waals surface area contributed by atoms with Crippen LogP contribution >= 0.6 is 0 Å². The summed E-state index contributed by atoms with van der Waals surface area (Å²) in [7, 11) is 0. The molecule has 2 heterocycles. The molecule has 0 aliphatic carbocycles. The van der Waals surface area contributed by atoms with E-state index < -0.39 is 0 Å². The lowest BCUT2D eigenvalue weighted by Crippen LogP contribution is -1.95.